The molecule has 0 aromatic carbocycles. The summed E-state index contributed by atoms with van der Waals surface area (Å²) in [7, 11) is 1.74. The number of carbonyl (C=O) groups is 1. The van der Waals surface area contributed by atoms with Gasteiger partial charge in [-0.05, 0) is 38.6 Å². The number of nitrogens with two attached hydrogens (primary N) is 1. The van der Waals surface area contributed by atoms with Crippen LogP contribution in [-0.4, -0.2) is 41.7 Å². The fourth-order valence-electron chi connectivity index (χ4n) is 1.76. The van der Waals surface area contributed by atoms with Gasteiger partial charge in [0, 0.05) is 13.5 Å². The monoisotopic (exact) mass is 244 g/mol. The Morgan fingerprint density at radius 2 is 1.94 bits per heavy atom. The molecule has 0 aromatic heterocycles. The Bertz CT molecular complexity index is 240. The largest absolute Gasteiger partial charge is 0.394 e. The lowest BCUT2D eigenvalue weighted by Gasteiger charge is -2.35. The lowest BCUT2D eigenvalue weighted by Crippen LogP contribution is -2.48. The zero-order valence-corrected chi connectivity index (χ0v) is 11.9. The van der Waals surface area contributed by atoms with Crippen molar-refractivity contribution in [3.8, 4) is 0 Å². The molecule has 17 heavy (non-hydrogen) atoms. The fourth-order valence-corrected chi connectivity index (χ4v) is 1.76. The molecule has 1 amide bonds. The van der Waals surface area contributed by atoms with Crippen LogP contribution in [0.25, 0.3) is 0 Å². The van der Waals surface area contributed by atoms with Crippen molar-refractivity contribution in [1.82, 2.24) is 4.90 Å². The Morgan fingerprint density at radius 1 is 1.41 bits per heavy atom. The number of likely N-dealkylation sites (N-methyl/N-ethyl adjacent to an activating group) is 1. The van der Waals surface area contributed by atoms with Gasteiger partial charge in [0.1, 0.15) is 0 Å². The Balaban J connectivity index is 4.41. The van der Waals surface area contributed by atoms with Gasteiger partial charge in [0.15, 0.2) is 0 Å². The number of aliphatic hydroxyl groups is 1. The van der Waals surface area contributed by atoms with Gasteiger partial charge in [-0.15, -0.1) is 0 Å². The maximum Gasteiger partial charge on any atom is 0.223 e. The van der Waals surface area contributed by atoms with Crippen LogP contribution in [0.5, 0.6) is 0 Å². The second-order valence-electron chi connectivity index (χ2n) is 5.86. The number of hydrogen-bond donors (Lipinski definition) is 2. The van der Waals surface area contributed by atoms with E-state index in [9.17, 15) is 9.90 Å². The summed E-state index contributed by atoms with van der Waals surface area (Å²) in [5.41, 5.74) is 5.19. The van der Waals surface area contributed by atoms with Crippen molar-refractivity contribution in [2.45, 2.75) is 46.1 Å². The standard InChI is InChI=1S/C13H28N2O2/c1-10(2)6-11(8-14)7-12(17)15(5)13(3,4)9-16/h10-11,16H,6-9,14H2,1-5H3/t11-/m0/s1. The van der Waals surface area contributed by atoms with E-state index in [1.807, 2.05) is 13.8 Å². The van der Waals surface area contributed by atoms with E-state index in [-0.39, 0.29) is 18.4 Å². The number of amides is 1. The Labute approximate surface area is 105 Å². The zero-order chi connectivity index (χ0) is 13.6. The zero-order valence-electron chi connectivity index (χ0n) is 11.9. The lowest BCUT2D eigenvalue weighted by atomic mass is 9.93. The van der Waals surface area contributed by atoms with Crippen LogP contribution in [0.1, 0.15) is 40.5 Å². The first-order valence-electron chi connectivity index (χ1n) is 6.32. The van der Waals surface area contributed by atoms with E-state index in [1.54, 1.807) is 11.9 Å². The minimum Gasteiger partial charge on any atom is -0.394 e. The van der Waals surface area contributed by atoms with Crippen molar-refractivity contribution in [3.05, 3.63) is 0 Å². The molecule has 0 spiro atoms. The van der Waals surface area contributed by atoms with Crippen molar-refractivity contribution in [1.29, 1.82) is 0 Å². The average molecular weight is 244 g/mol. The average Bonchev–Trinajstić information content (AvgIpc) is 2.26. The highest BCUT2D eigenvalue weighted by molar-refractivity contribution is 5.77. The molecule has 0 aliphatic carbocycles. The van der Waals surface area contributed by atoms with Crippen molar-refractivity contribution in [2.24, 2.45) is 17.6 Å². The summed E-state index contributed by atoms with van der Waals surface area (Å²) in [6, 6.07) is 0. The van der Waals surface area contributed by atoms with Gasteiger partial charge in [0.05, 0.1) is 12.1 Å². The maximum atomic E-state index is 12.1. The third kappa shape index (κ3) is 5.50. The molecule has 0 aliphatic heterocycles. The summed E-state index contributed by atoms with van der Waals surface area (Å²) in [6.07, 6.45) is 1.43. The van der Waals surface area contributed by atoms with E-state index in [0.717, 1.165) is 6.42 Å². The van der Waals surface area contributed by atoms with Crippen LogP contribution in [0.4, 0.5) is 0 Å². The molecule has 0 fully saturated rings. The second-order valence-corrected chi connectivity index (χ2v) is 5.86. The van der Waals surface area contributed by atoms with Crippen LogP contribution < -0.4 is 5.73 Å². The Kier molecular flexibility index (Phi) is 6.72. The van der Waals surface area contributed by atoms with E-state index in [2.05, 4.69) is 13.8 Å². The highest BCUT2D eigenvalue weighted by Gasteiger charge is 2.28. The summed E-state index contributed by atoms with van der Waals surface area (Å²) in [6.45, 7) is 8.47. The highest BCUT2D eigenvalue weighted by Crippen LogP contribution is 2.18. The molecule has 0 bridgehead atoms. The molecular formula is C13H28N2O2. The number of nitrogens with zero attached hydrogens (tertiary/aromatic N) is 1. The molecule has 3 N–H and O–H groups in total. The predicted octanol–water partition coefficient (Wildman–Crippen LogP) is 1.23. The van der Waals surface area contributed by atoms with Gasteiger partial charge in [0.25, 0.3) is 0 Å². The first kappa shape index (κ1) is 16.4. The Hall–Kier alpha value is -0.610. The van der Waals surface area contributed by atoms with Gasteiger partial charge in [-0.1, -0.05) is 13.8 Å². The third-order valence-corrected chi connectivity index (χ3v) is 3.27. The first-order chi connectivity index (χ1) is 7.74. The second kappa shape index (κ2) is 6.97. The predicted molar refractivity (Wildman–Crippen MR) is 70.6 cm³/mol. The van der Waals surface area contributed by atoms with Crippen molar-refractivity contribution >= 4 is 5.91 Å². The van der Waals surface area contributed by atoms with Gasteiger partial charge in [0.2, 0.25) is 5.91 Å². The van der Waals surface area contributed by atoms with Gasteiger partial charge >= 0.3 is 0 Å². The van der Waals surface area contributed by atoms with E-state index in [4.69, 9.17) is 5.73 Å². The van der Waals surface area contributed by atoms with E-state index in [1.165, 1.54) is 0 Å². The molecule has 0 rings (SSSR count). The number of aliphatic hydroxyl groups excluding tert-OH is 1. The molecule has 0 aromatic rings. The first-order valence-corrected chi connectivity index (χ1v) is 6.32. The molecule has 0 saturated carbocycles. The summed E-state index contributed by atoms with van der Waals surface area (Å²) in [5, 5.41) is 9.23. The maximum absolute atomic E-state index is 12.1. The smallest absolute Gasteiger partial charge is 0.223 e. The van der Waals surface area contributed by atoms with Crippen molar-refractivity contribution in [3.63, 3.8) is 0 Å². The minimum absolute atomic E-state index is 0.0350. The van der Waals surface area contributed by atoms with Crippen LogP contribution in [0.3, 0.4) is 0 Å². The molecule has 4 nitrogen and oxygen atoms in total. The van der Waals surface area contributed by atoms with Crippen molar-refractivity contribution in [2.75, 3.05) is 20.2 Å². The number of rotatable bonds is 7. The third-order valence-electron chi connectivity index (χ3n) is 3.27. The SMILES string of the molecule is CC(C)C[C@H](CN)CC(=O)N(C)C(C)(C)CO. The number of carbonyl (C=O) groups excluding carboxylic acids is 1. The molecular weight excluding hydrogens is 216 g/mol. The van der Waals surface area contributed by atoms with E-state index < -0.39 is 5.54 Å². The van der Waals surface area contributed by atoms with Crippen LogP contribution in [0.2, 0.25) is 0 Å². The lowest BCUT2D eigenvalue weighted by molar-refractivity contribution is -0.137. The van der Waals surface area contributed by atoms with Gasteiger partial charge in [-0.2, -0.15) is 0 Å². The quantitative estimate of drug-likeness (QED) is 0.708. The molecule has 4 heteroatoms. The molecule has 1 atom stereocenters. The van der Waals surface area contributed by atoms with Gasteiger partial charge < -0.3 is 15.7 Å². The molecule has 0 aliphatic rings. The molecule has 0 heterocycles. The summed E-state index contributed by atoms with van der Waals surface area (Å²) in [4.78, 5) is 13.7. The fraction of sp³-hybridized carbons (Fsp3) is 0.923. The normalized spacial score (nSPS) is 13.9. The molecule has 0 radical (unpaired) electrons. The summed E-state index contributed by atoms with van der Waals surface area (Å²) < 4.78 is 0. The van der Waals surface area contributed by atoms with Gasteiger partial charge in [-0.25, -0.2) is 0 Å². The van der Waals surface area contributed by atoms with Crippen LogP contribution in [0.15, 0.2) is 0 Å². The van der Waals surface area contributed by atoms with E-state index in [0.29, 0.717) is 18.9 Å². The van der Waals surface area contributed by atoms with Crippen LogP contribution >= 0.6 is 0 Å². The minimum atomic E-state index is -0.506. The molecule has 102 valence electrons. The molecule has 0 saturated heterocycles. The van der Waals surface area contributed by atoms with Crippen LogP contribution in [-0.2, 0) is 4.79 Å². The summed E-state index contributed by atoms with van der Waals surface area (Å²) in [5.74, 6) is 0.840. The van der Waals surface area contributed by atoms with Gasteiger partial charge in [-0.3, -0.25) is 4.79 Å². The van der Waals surface area contributed by atoms with Crippen LogP contribution in [0, 0.1) is 11.8 Å². The summed E-state index contributed by atoms with van der Waals surface area (Å²) >= 11 is 0. The number of hydrogen-bond acceptors (Lipinski definition) is 3. The molecule has 0 unspecified atom stereocenters. The topological polar surface area (TPSA) is 66.6 Å². The Morgan fingerprint density at radius 3 is 2.29 bits per heavy atom. The highest BCUT2D eigenvalue weighted by atomic mass is 16.3. The van der Waals surface area contributed by atoms with Crippen molar-refractivity contribution < 1.29 is 9.90 Å². The van der Waals surface area contributed by atoms with E-state index >= 15 is 0 Å².